The van der Waals surface area contributed by atoms with Gasteiger partial charge in [-0.3, -0.25) is 14.4 Å². The highest BCUT2D eigenvalue weighted by molar-refractivity contribution is 6.00. The molecule has 38 heavy (non-hydrogen) atoms. The van der Waals surface area contributed by atoms with Crippen molar-refractivity contribution in [2.24, 2.45) is 5.92 Å². The molecule has 1 aliphatic heterocycles. The summed E-state index contributed by atoms with van der Waals surface area (Å²) in [4.78, 5) is 38.7. The van der Waals surface area contributed by atoms with Gasteiger partial charge in [0.2, 0.25) is 11.8 Å². The first-order chi connectivity index (χ1) is 18.2. The molecule has 198 valence electrons. The zero-order chi connectivity index (χ0) is 27.1. The van der Waals surface area contributed by atoms with Crippen LogP contribution in [0.3, 0.4) is 0 Å². The molecule has 3 aromatic carbocycles. The van der Waals surface area contributed by atoms with Crippen LogP contribution in [-0.4, -0.2) is 37.4 Å². The Morgan fingerprint density at radius 1 is 0.974 bits per heavy atom. The van der Waals surface area contributed by atoms with Gasteiger partial charge in [-0.25, -0.2) is 0 Å². The SMILES string of the molecule is O=C(COc1ccc(N2C[C@@H](C(=O)NCCc3ccccc3)CC2=O)cc1)Nc1cccc(C(F)(F)F)c1. The van der Waals surface area contributed by atoms with Crippen LogP contribution in [0.2, 0.25) is 0 Å². The third kappa shape index (κ3) is 7.12. The fraction of sp³-hybridized carbons (Fsp3) is 0.250. The summed E-state index contributed by atoms with van der Waals surface area (Å²) in [7, 11) is 0. The molecule has 0 spiro atoms. The Kier molecular flexibility index (Phi) is 8.30. The number of benzene rings is 3. The van der Waals surface area contributed by atoms with Gasteiger partial charge in [-0.15, -0.1) is 0 Å². The summed E-state index contributed by atoms with van der Waals surface area (Å²) in [5.41, 5.74) is 0.855. The normalized spacial score (nSPS) is 15.3. The van der Waals surface area contributed by atoms with Crippen molar-refractivity contribution in [3.63, 3.8) is 0 Å². The lowest BCUT2D eigenvalue weighted by atomic mass is 10.1. The Hall–Kier alpha value is -4.34. The monoisotopic (exact) mass is 525 g/mol. The van der Waals surface area contributed by atoms with Gasteiger partial charge in [0.15, 0.2) is 6.61 Å². The second-order valence-electron chi connectivity index (χ2n) is 8.84. The zero-order valence-corrected chi connectivity index (χ0v) is 20.3. The average Bonchev–Trinajstić information content (AvgIpc) is 3.29. The van der Waals surface area contributed by atoms with Crippen molar-refractivity contribution in [1.82, 2.24) is 5.32 Å². The molecule has 1 saturated heterocycles. The van der Waals surface area contributed by atoms with Crippen LogP contribution in [0.15, 0.2) is 78.9 Å². The van der Waals surface area contributed by atoms with Crippen LogP contribution in [0.5, 0.6) is 5.75 Å². The Balaban J connectivity index is 1.24. The number of ether oxygens (including phenoxy) is 1. The molecule has 0 radical (unpaired) electrons. The molecule has 0 bridgehead atoms. The predicted octanol–water partition coefficient (Wildman–Crippen LogP) is 4.43. The van der Waals surface area contributed by atoms with Crippen LogP contribution in [0.4, 0.5) is 24.5 Å². The van der Waals surface area contributed by atoms with E-state index in [1.807, 2.05) is 30.3 Å². The molecule has 1 atom stereocenters. The molecule has 0 aliphatic carbocycles. The van der Waals surface area contributed by atoms with Gasteiger partial charge in [0, 0.05) is 30.9 Å². The van der Waals surface area contributed by atoms with E-state index in [0.717, 1.165) is 17.7 Å². The number of nitrogens with one attached hydrogen (secondary N) is 2. The number of hydrogen-bond acceptors (Lipinski definition) is 4. The molecule has 1 heterocycles. The number of alkyl halides is 3. The molecule has 10 heteroatoms. The zero-order valence-electron chi connectivity index (χ0n) is 20.3. The van der Waals surface area contributed by atoms with Crippen molar-refractivity contribution in [2.75, 3.05) is 29.9 Å². The van der Waals surface area contributed by atoms with E-state index in [1.54, 1.807) is 24.3 Å². The molecule has 0 unspecified atom stereocenters. The maximum atomic E-state index is 12.8. The van der Waals surface area contributed by atoms with Crippen LogP contribution < -0.4 is 20.3 Å². The Bertz CT molecular complexity index is 1280. The van der Waals surface area contributed by atoms with Gasteiger partial charge in [0.25, 0.3) is 5.91 Å². The molecule has 4 rings (SSSR count). The predicted molar refractivity (Wildman–Crippen MR) is 136 cm³/mol. The lowest BCUT2D eigenvalue weighted by molar-refractivity contribution is -0.137. The summed E-state index contributed by atoms with van der Waals surface area (Å²) in [5.74, 6) is -1.06. The second kappa shape index (κ2) is 11.8. The summed E-state index contributed by atoms with van der Waals surface area (Å²) in [6.07, 6.45) is -3.69. The maximum Gasteiger partial charge on any atom is 0.416 e. The number of anilines is 2. The lowest BCUT2D eigenvalue weighted by Crippen LogP contribution is -2.34. The van der Waals surface area contributed by atoms with Gasteiger partial charge in [0.1, 0.15) is 5.75 Å². The molecular weight excluding hydrogens is 499 g/mol. The maximum absolute atomic E-state index is 12.8. The van der Waals surface area contributed by atoms with Crippen molar-refractivity contribution >= 4 is 29.1 Å². The fourth-order valence-corrected chi connectivity index (χ4v) is 4.09. The first kappa shape index (κ1) is 26.7. The summed E-state index contributed by atoms with van der Waals surface area (Å²) in [6, 6.07) is 20.6. The topological polar surface area (TPSA) is 87.7 Å². The van der Waals surface area contributed by atoms with E-state index in [0.29, 0.717) is 24.4 Å². The molecular formula is C28H26F3N3O4. The summed E-state index contributed by atoms with van der Waals surface area (Å²) in [5, 5.41) is 5.27. The molecule has 2 N–H and O–H groups in total. The van der Waals surface area contributed by atoms with E-state index in [-0.39, 0.29) is 30.5 Å². The van der Waals surface area contributed by atoms with Crippen LogP contribution in [0, 0.1) is 5.92 Å². The number of amides is 3. The van der Waals surface area contributed by atoms with Gasteiger partial charge in [-0.05, 0) is 54.4 Å². The molecule has 3 aromatic rings. The largest absolute Gasteiger partial charge is 0.484 e. The first-order valence-electron chi connectivity index (χ1n) is 12.0. The van der Waals surface area contributed by atoms with Gasteiger partial charge in [0.05, 0.1) is 11.5 Å². The van der Waals surface area contributed by atoms with Crippen LogP contribution >= 0.6 is 0 Å². The third-order valence-corrected chi connectivity index (χ3v) is 6.04. The molecule has 3 amide bonds. The number of carbonyl (C=O) groups is 3. The third-order valence-electron chi connectivity index (χ3n) is 6.04. The number of hydrogen-bond donors (Lipinski definition) is 2. The van der Waals surface area contributed by atoms with E-state index in [9.17, 15) is 27.6 Å². The van der Waals surface area contributed by atoms with Crippen molar-refractivity contribution in [2.45, 2.75) is 19.0 Å². The minimum absolute atomic E-state index is 0.00924. The number of rotatable bonds is 9. The summed E-state index contributed by atoms with van der Waals surface area (Å²) in [6.45, 7) is 0.333. The van der Waals surface area contributed by atoms with Gasteiger partial charge >= 0.3 is 6.18 Å². The summed E-state index contributed by atoms with van der Waals surface area (Å²) >= 11 is 0. The van der Waals surface area contributed by atoms with Crippen LogP contribution in [-0.2, 0) is 27.0 Å². The molecule has 0 saturated carbocycles. The van der Waals surface area contributed by atoms with E-state index in [2.05, 4.69) is 10.6 Å². The van der Waals surface area contributed by atoms with Crippen molar-refractivity contribution in [1.29, 1.82) is 0 Å². The minimum atomic E-state index is -4.51. The number of halogens is 3. The van der Waals surface area contributed by atoms with E-state index in [1.165, 1.54) is 17.0 Å². The quantitative estimate of drug-likeness (QED) is 0.433. The lowest BCUT2D eigenvalue weighted by Gasteiger charge is -2.17. The first-order valence-corrected chi connectivity index (χ1v) is 12.0. The molecule has 1 aliphatic rings. The van der Waals surface area contributed by atoms with Gasteiger partial charge < -0.3 is 20.3 Å². The number of carbonyl (C=O) groups excluding carboxylic acids is 3. The molecule has 0 aromatic heterocycles. The Morgan fingerprint density at radius 3 is 2.42 bits per heavy atom. The van der Waals surface area contributed by atoms with Crippen molar-refractivity contribution in [3.05, 3.63) is 90.0 Å². The summed E-state index contributed by atoms with van der Waals surface area (Å²) < 4.78 is 43.9. The van der Waals surface area contributed by atoms with Crippen LogP contribution in [0.25, 0.3) is 0 Å². The van der Waals surface area contributed by atoms with Gasteiger partial charge in [-0.1, -0.05) is 36.4 Å². The van der Waals surface area contributed by atoms with E-state index >= 15 is 0 Å². The standard InChI is InChI=1S/C28H26F3N3O4/c29-28(30,31)21-7-4-8-22(16-21)33-25(35)18-38-24-11-9-23(10-12-24)34-17-20(15-26(34)36)27(37)32-14-13-19-5-2-1-3-6-19/h1-12,16,20H,13-15,17-18H2,(H,32,37)(H,33,35)/t20-/m0/s1. The van der Waals surface area contributed by atoms with Gasteiger partial charge in [-0.2, -0.15) is 13.2 Å². The molecule has 1 fully saturated rings. The number of nitrogens with zero attached hydrogens (tertiary/aromatic N) is 1. The highest BCUT2D eigenvalue weighted by Crippen LogP contribution is 2.31. The Labute approximate surface area is 217 Å². The van der Waals surface area contributed by atoms with Crippen LogP contribution in [0.1, 0.15) is 17.5 Å². The highest BCUT2D eigenvalue weighted by Gasteiger charge is 2.35. The Morgan fingerprint density at radius 2 is 1.71 bits per heavy atom. The van der Waals surface area contributed by atoms with E-state index in [4.69, 9.17) is 4.74 Å². The molecule has 7 nitrogen and oxygen atoms in total. The fourth-order valence-electron chi connectivity index (χ4n) is 4.09. The van der Waals surface area contributed by atoms with Crippen molar-refractivity contribution < 1.29 is 32.3 Å². The smallest absolute Gasteiger partial charge is 0.416 e. The van der Waals surface area contributed by atoms with E-state index < -0.39 is 30.2 Å². The van der Waals surface area contributed by atoms with Crippen molar-refractivity contribution in [3.8, 4) is 5.75 Å². The minimum Gasteiger partial charge on any atom is -0.484 e. The average molecular weight is 526 g/mol. The highest BCUT2D eigenvalue weighted by atomic mass is 19.4. The second-order valence-corrected chi connectivity index (χ2v) is 8.84.